The molecule has 0 fully saturated rings. The summed E-state index contributed by atoms with van der Waals surface area (Å²) in [5, 5.41) is 13.0. The molecular weight excluding hydrogens is 234 g/mol. The molecule has 0 unspecified atom stereocenters. The summed E-state index contributed by atoms with van der Waals surface area (Å²) in [6.07, 6.45) is 0.738. The summed E-state index contributed by atoms with van der Waals surface area (Å²) in [6.45, 7) is 5.23. The van der Waals surface area contributed by atoms with Crippen LogP contribution in [0.1, 0.15) is 37.0 Å². The Morgan fingerprint density at radius 1 is 1.50 bits per heavy atom. The van der Waals surface area contributed by atoms with Crippen LogP contribution in [0.4, 0.5) is 0 Å². The highest BCUT2D eigenvalue weighted by atomic mass is 16.4. The van der Waals surface area contributed by atoms with Crippen LogP contribution >= 0.6 is 0 Å². The van der Waals surface area contributed by atoms with Crippen molar-refractivity contribution >= 4 is 11.9 Å². The van der Waals surface area contributed by atoms with E-state index in [1.807, 2.05) is 6.92 Å². The number of aromatic nitrogens is 2. The number of amides is 1. The van der Waals surface area contributed by atoms with Crippen molar-refractivity contribution in [3.63, 3.8) is 0 Å². The van der Waals surface area contributed by atoms with Crippen molar-refractivity contribution in [1.29, 1.82) is 0 Å². The number of carboxylic acids is 1. The molecule has 0 radical (unpaired) electrons. The average Bonchev–Trinajstić information content (AvgIpc) is 2.66. The molecule has 18 heavy (non-hydrogen) atoms. The molecule has 1 rings (SSSR count). The Hall–Kier alpha value is -1.85. The number of aliphatic carboxylic acids is 1. The lowest BCUT2D eigenvalue weighted by Crippen LogP contribution is -2.41. The third-order valence-corrected chi connectivity index (χ3v) is 2.70. The van der Waals surface area contributed by atoms with E-state index in [0.717, 1.165) is 12.1 Å². The molecule has 0 aliphatic carbocycles. The van der Waals surface area contributed by atoms with Crippen molar-refractivity contribution in [3.8, 4) is 0 Å². The molecule has 0 bridgehead atoms. The lowest BCUT2D eigenvalue weighted by molar-refractivity contribution is -0.138. The van der Waals surface area contributed by atoms with Gasteiger partial charge in [-0.3, -0.25) is 14.3 Å². The van der Waals surface area contributed by atoms with Gasteiger partial charge in [-0.05, 0) is 26.3 Å². The van der Waals surface area contributed by atoms with Gasteiger partial charge in [-0.2, -0.15) is 5.10 Å². The number of carbonyl (C=O) groups excluding carboxylic acids is 1. The van der Waals surface area contributed by atoms with Crippen LogP contribution in [-0.2, 0) is 18.3 Å². The number of carbonyl (C=O) groups is 2. The molecule has 0 saturated carbocycles. The number of hydrogen-bond donors (Lipinski definition) is 1. The molecule has 0 aliphatic rings. The van der Waals surface area contributed by atoms with Gasteiger partial charge < -0.3 is 10.0 Å². The smallest absolute Gasteiger partial charge is 0.323 e. The largest absolute Gasteiger partial charge is 0.480 e. The summed E-state index contributed by atoms with van der Waals surface area (Å²) < 4.78 is 1.50. The maximum absolute atomic E-state index is 12.3. The van der Waals surface area contributed by atoms with Gasteiger partial charge in [-0.25, -0.2) is 0 Å². The summed E-state index contributed by atoms with van der Waals surface area (Å²) in [4.78, 5) is 24.4. The highest BCUT2D eigenvalue weighted by Gasteiger charge is 2.24. The Balaban J connectivity index is 3.01. The van der Waals surface area contributed by atoms with E-state index in [-0.39, 0.29) is 18.5 Å². The van der Waals surface area contributed by atoms with E-state index in [1.165, 1.54) is 9.58 Å². The van der Waals surface area contributed by atoms with E-state index in [9.17, 15) is 9.59 Å². The molecule has 0 saturated heterocycles. The summed E-state index contributed by atoms with van der Waals surface area (Å²) in [7, 11) is 1.69. The first-order valence-electron chi connectivity index (χ1n) is 5.92. The summed E-state index contributed by atoms with van der Waals surface area (Å²) in [6, 6.07) is 1.54. The summed E-state index contributed by atoms with van der Waals surface area (Å²) >= 11 is 0. The van der Waals surface area contributed by atoms with Gasteiger partial charge in [0.05, 0.1) is 5.69 Å². The van der Waals surface area contributed by atoms with Crippen molar-refractivity contribution in [2.45, 2.75) is 33.2 Å². The minimum atomic E-state index is -1.02. The number of aryl methyl sites for hydroxylation is 2. The van der Waals surface area contributed by atoms with Crippen LogP contribution in [0.25, 0.3) is 0 Å². The molecular formula is C12H19N3O3. The fourth-order valence-electron chi connectivity index (χ4n) is 1.68. The first-order valence-corrected chi connectivity index (χ1v) is 5.92. The van der Waals surface area contributed by atoms with E-state index in [1.54, 1.807) is 27.0 Å². The Kier molecular flexibility index (Phi) is 4.47. The SMILES string of the molecule is CCc1cc(C(=O)N(CC(=O)O)C(C)C)n(C)n1. The van der Waals surface area contributed by atoms with Crippen LogP contribution in [0.3, 0.4) is 0 Å². The van der Waals surface area contributed by atoms with Crippen LogP contribution in [0.2, 0.25) is 0 Å². The van der Waals surface area contributed by atoms with Crippen LogP contribution in [0.5, 0.6) is 0 Å². The Morgan fingerprint density at radius 3 is 2.50 bits per heavy atom. The standard InChI is InChI=1S/C12H19N3O3/c1-5-9-6-10(14(4)13-9)12(18)15(8(2)3)7-11(16)17/h6,8H,5,7H2,1-4H3,(H,16,17). The Morgan fingerprint density at radius 2 is 2.11 bits per heavy atom. The lowest BCUT2D eigenvalue weighted by atomic mass is 10.2. The summed E-state index contributed by atoms with van der Waals surface area (Å²) in [5.41, 5.74) is 1.24. The zero-order chi connectivity index (χ0) is 13.9. The topological polar surface area (TPSA) is 75.4 Å². The zero-order valence-corrected chi connectivity index (χ0v) is 11.2. The molecule has 1 N–H and O–H groups in total. The van der Waals surface area contributed by atoms with E-state index in [0.29, 0.717) is 5.69 Å². The van der Waals surface area contributed by atoms with Crippen molar-refractivity contribution in [3.05, 3.63) is 17.5 Å². The first-order chi connectivity index (χ1) is 8.36. The molecule has 1 aromatic heterocycles. The molecule has 1 amide bonds. The molecule has 0 aliphatic heterocycles. The highest BCUT2D eigenvalue weighted by Crippen LogP contribution is 2.10. The first kappa shape index (κ1) is 14.2. The van der Waals surface area contributed by atoms with Gasteiger partial charge in [0, 0.05) is 13.1 Å². The van der Waals surface area contributed by atoms with Gasteiger partial charge in [0.1, 0.15) is 12.2 Å². The third kappa shape index (κ3) is 3.09. The fraction of sp³-hybridized carbons (Fsp3) is 0.583. The maximum atomic E-state index is 12.3. The third-order valence-electron chi connectivity index (χ3n) is 2.70. The molecule has 6 heteroatoms. The second-order valence-corrected chi connectivity index (χ2v) is 4.42. The quantitative estimate of drug-likeness (QED) is 0.846. The number of nitrogens with zero attached hydrogens (tertiary/aromatic N) is 3. The van der Waals surface area contributed by atoms with Crippen LogP contribution < -0.4 is 0 Å². The van der Waals surface area contributed by atoms with Crippen molar-refractivity contribution in [2.24, 2.45) is 7.05 Å². The van der Waals surface area contributed by atoms with Gasteiger partial charge in [0.25, 0.3) is 5.91 Å². The molecule has 6 nitrogen and oxygen atoms in total. The van der Waals surface area contributed by atoms with E-state index in [4.69, 9.17) is 5.11 Å². The van der Waals surface area contributed by atoms with Gasteiger partial charge in [0.2, 0.25) is 0 Å². The molecule has 1 aromatic rings. The normalized spacial score (nSPS) is 10.7. The molecule has 1 heterocycles. The van der Waals surface area contributed by atoms with Crippen molar-refractivity contribution < 1.29 is 14.7 Å². The van der Waals surface area contributed by atoms with Crippen LogP contribution in [0, 0.1) is 0 Å². The predicted octanol–water partition coefficient (Wildman–Crippen LogP) is 0.918. The zero-order valence-electron chi connectivity index (χ0n) is 11.2. The minimum absolute atomic E-state index is 0.173. The number of carboxylic acid groups (broad SMARTS) is 1. The lowest BCUT2D eigenvalue weighted by Gasteiger charge is -2.24. The van der Waals surface area contributed by atoms with E-state index < -0.39 is 5.97 Å². The van der Waals surface area contributed by atoms with Crippen molar-refractivity contribution in [1.82, 2.24) is 14.7 Å². The fourth-order valence-corrected chi connectivity index (χ4v) is 1.68. The van der Waals surface area contributed by atoms with Gasteiger partial charge >= 0.3 is 5.97 Å². The van der Waals surface area contributed by atoms with Crippen molar-refractivity contribution in [2.75, 3.05) is 6.54 Å². The maximum Gasteiger partial charge on any atom is 0.323 e. The van der Waals surface area contributed by atoms with Gasteiger partial charge in [-0.15, -0.1) is 0 Å². The summed E-state index contributed by atoms with van der Waals surface area (Å²) in [5.74, 6) is -1.32. The predicted molar refractivity (Wildman–Crippen MR) is 66.4 cm³/mol. The molecule has 0 aromatic carbocycles. The van der Waals surface area contributed by atoms with Gasteiger partial charge in [0.15, 0.2) is 0 Å². The second kappa shape index (κ2) is 5.66. The minimum Gasteiger partial charge on any atom is -0.480 e. The Bertz CT molecular complexity index is 451. The number of hydrogen-bond acceptors (Lipinski definition) is 3. The highest BCUT2D eigenvalue weighted by molar-refractivity contribution is 5.94. The molecule has 100 valence electrons. The van der Waals surface area contributed by atoms with Crippen LogP contribution in [0.15, 0.2) is 6.07 Å². The second-order valence-electron chi connectivity index (χ2n) is 4.42. The van der Waals surface area contributed by atoms with Gasteiger partial charge in [-0.1, -0.05) is 6.92 Å². The molecule has 0 spiro atoms. The van der Waals surface area contributed by atoms with E-state index >= 15 is 0 Å². The average molecular weight is 253 g/mol. The van der Waals surface area contributed by atoms with Crippen LogP contribution in [-0.4, -0.2) is 44.3 Å². The van der Waals surface area contributed by atoms with E-state index in [2.05, 4.69) is 5.10 Å². The number of rotatable bonds is 5. The monoisotopic (exact) mass is 253 g/mol. The Labute approximate surface area is 106 Å². The molecule has 0 atom stereocenters.